The Labute approximate surface area is 124 Å². The number of hydrogen-bond donors (Lipinski definition) is 1. The third-order valence-electron chi connectivity index (χ3n) is 2.39. The van der Waals surface area contributed by atoms with Crippen LogP contribution in [0.15, 0.2) is 18.2 Å². The van der Waals surface area contributed by atoms with E-state index < -0.39 is 0 Å². The Balaban J connectivity index is 2.96. The van der Waals surface area contributed by atoms with E-state index in [9.17, 15) is 4.79 Å². The fraction of sp³-hybridized carbons (Fsp3) is 0.400. The highest BCUT2D eigenvalue weighted by Gasteiger charge is 2.10. The zero-order chi connectivity index (χ0) is 15.1. The van der Waals surface area contributed by atoms with Gasteiger partial charge >= 0.3 is 0 Å². The van der Waals surface area contributed by atoms with E-state index in [1.54, 1.807) is 18.2 Å². The molecule has 4 nitrogen and oxygen atoms in total. The van der Waals surface area contributed by atoms with Crippen molar-refractivity contribution >= 4 is 23.6 Å². The molecule has 110 valence electrons. The minimum absolute atomic E-state index is 0.102. The number of benzene rings is 1. The summed E-state index contributed by atoms with van der Waals surface area (Å²) in [7, 11) is 1.54. The van der Waals surface area contributed by atoms with E-state index in [1.807, 2.05) is 20.8 Å². The van der Waals surface area contributed by atoms with Crippen LogP contribution in [0.2, 0.25) is 5.02 Å². The van der Waals surface area contributed by atoms with Crippen molar-refractivity contribution < 1.29 is 14.3 Å². The van der Waals surface area contributed by atoms with Crippen LogP contribution in [-0.2, 0) is 4.79 Å². The van der Waals surface area contributed by atoms with Crippen LogP contribution < -0.4 is 14.8 Å². The number of amides is 1. The second-order valence-electron chi connectivity index (χ2n) is 4.46. The predicted molar refractivity (Wildman–Crippen MR) is 81.5 cm³/mol. The van der Waals surface area contributed by atoms with E-state index in [4.69, 9.17) is 21.1 Å². The first-order valence-corrected chi connectivity index (χ1v) is 6.84. The molecule has 0 saturated heterocycles. The summed E-state index contributed by atoms with van der Waals surface area (Å²) >= 11 is 6.13. The first-order valence-electron chi connectivity index (χ1n) is 6.46. The van der Waals surface area contributed by atoms with Gasteiger partial charge in [0, 0.05) is 12.1 Å². The molecule has 0 bridgehead atoms. The fourth-order valence-corrected chi connectivity index (χ4v) is 1.95. The number of hydrogen-bond acceptors (Lipinski definition) is 3. The fourth-order valence-electron chi connectivity index (χ4n) is 1.65. The summed E-state index contributed by atoms with van der Waals surface area (Å²) in [5.74, 6) is 0.911. The molecule has 0 heterocycles. The highest BCUT2D eigenvalue weighted by Crippen LogP contribution is 2.36. The number of halogens is 1. The molecule has 1 aromatic carbocycles. The van der Waals surface area contributed by atoms with E-state index in [0.717, 1.165) is 5.56 Å². The first-order chi connectivity index (χ1) is 9.47. The summed E-state index contributed by atoms with van der Waals surface area (Å²) in [5.41, 5.74) is 0.776. The van der Waals surface area contributed by atoms with Crippen LogP contribution in [0.25, 0.3) is 6.08 Å². The number of carbonyl (C=O) groups is 1. The lowest BCUT2D eigenvalue weighted by atomic mass is 10.2. The van der Waals surface area contributed by atoms with E-state index >= 15 is 0 Å². The quantitative estimate of drug-likeness (QED) is 0.820. The standard InChI is InChI=1S/C15H20ClNO3/c1-5-20-13-9-11(8-12(16)15(13)19-4)6-7-14(18)17-10(2)3/h6-10H,5H2,1-4H3,(H,17,18)/b7-6+. The molecule has 0 aliphatic carbocycles. The van der Waals surface area contributed by atoms with Gasteiger partial charge in [0.25, 0.3) is 0 Å². The van der Waals surface area contributed by atoms with Gasteiger partial charge in [0.15, 0.2) is 11.5 Å². The van der Waals surface area contributed by atoms with Crippen LogP contribution in [-0.4, -0.2) is 25.7 Å². The molecule has 1 amide bonds. The smallest absolute Gasteiger partial charge is 0.244 e. The highest BCUT2D eigenvalue weighted by atomic mass is 35.5. The van der Waals surface area contributed by atoms with E-state index in [1.165, 1.54) is 13.2 Å². The van der Waals surface area contributed by atoms with E-state index in [2.05, 4.69) is 5.32 Å². The number of ether oxygens (including phenoxy) is 2. The van der Waals surface area contributed by atoms with Crippen molar-refractivity contribution in [3.63, 3.8) is 0 Å². The number of carbonyl (C=O) groups excluding carboxylic acids is 1. The molecule has 20 heavy (non-hydrogen) atoms. The molecule has 1 rings (SSSR count). The summed E-state index contributed by atoms with van der Waals surface area (Å²) in [6.07, 6.45) is 3.15. The zero-order valence-corrected chi connectivity index (χ0v) is 13.0. The van der Waals surface area contributed by atoms with Crippen LogP contribution in [0.1, 0.15) is 26.3 Å². The molecule has 0 aromatic heterocycles. The van der Waals surface area contributed by atoms with Crippen molar-refractivity contribution in [1.82, 2.24) is 5.32 Å². The molecule has 0 unspecified atom stereocenters. The Morgan fingerprint density at radius 1 is 1.45 bits per heavy atom. The van der Waals surface area contributed by atoms with Gasteiger partial charge in [-0.1, -0.05) is 11.6 Å². The normalized spacial score (nSPS) is 10.9. The predicted octanol–water partition coefficient (Wildman–Crippen LogP) is 3.29. The average Bonchev–Trinajstić information content (AvgIpc) is 2.36. The van der Waals surface area contributed by atoms with Crippen LogP contribution in [0.3, 0.4) is 0 Å². The lowest BCUT2D eigenvalue weighted by Gasteiger charge is -2.11. The monoisotopic (exact) mass is 297 g/mol. The lowest BCUT2D eigenvalue weighted by molar-refractivity contribution is -0.116. The van der Waals surface area contributed by atoms with Crippen LogP contribution in [0.4, 0.5) is 0 Å². The van der Waals surface area contributed by atoms with Crippen molar-refractivity contribution in [2.45, 2.75) is 26.8 Å². The van der Waals surface area contributed by atoms with Crippen molar-refractivity contribution in [2.24, 2.45) is 0 Å². The van der Waals surface area contributed by atoms with Crippen LogP contribution in [0.5, 0.6) is 11.5 Å². The highest BCUT2D eigenvalue weighted by molar-refractivity contribution is 6.32. The maximum absolute atomic E-state index is 11.6. The molecule has 0 fully saturated rings. The third-order valence-corrected chi connectivity index (χ3v) is 2.67. The maximum Gasteiger partial charge on any atom is 0.244 e. The van der Waals surface area contributed by atoms with E-state index in [-0.39, 0.29) is 11.9 Å². The Kier molecular flexibility index (Phi) is 6.39. The summed E-state index contributed by atoms with van der Waals surface area (Å²) in [6, 6.07) is 3.61. The van der Waals surface area contributed by atoms with E-state index in [0.29, 0.717) is 23.1 Å². The van der Waals surface area contributed by atoms with Gasteiger partial charge in [0.1, 0.15) is 0 Å². The SMILES string of the molecule is CCOc1cc(/C=C/C(=O)NC(C)C)cc(Cl)c1OC. The number of methoxy groups -OCH3 is 1. The molecule has 0 spiro atoms. The minimum atomic E-state index is -0.148. The largest absolute Gasteiger partial charge is 0.491 e. The summed E-state index contributed by atoms with van der Waals surface area (Å²) in [4.78, 5) is 11.6. The molecular formula is C15H20ClNO3. The zero-order valence-electron chi connectivity index (χ0n) is 12.2. The van der Waals surface area contributed by atoms with Gasteiger partial charge in [-0.3, -0.25) is 4.79 Å². The Morgan fingerprint density at radius 3 is 2.70 bits per heavy atom. The van der Waals surface area contributed by atoms with Gasteiger partial charge in [-0.2, -0.15) is 0 Å². The Morgan fingerprint density at radius 2 is 2.15 bits per heavy atom. The maximum atomic E-state index is 11.6. The van der Waals surface area contributed by atoms with Gasteiger partial charge < -0.3 is 14.8 Å². The topological polar surface area (TPSA) is 47.6 Å². The summed E-state index contributed by atoms with van der Waals surface area (Å²) in [5, 5.41) is 3.22. The second-order valence-corrected chi connectivity index (χ2v) is 4.87. The number of rotatable bonds is 6. The Bertz CT molecular complexity index is 498. The molecule has 0 radical (unpaired) electrons. The van der Waals surface area contributed by atoms with Crippen molar-refractivity contribution in [2.75, 3.05) is 13.7 Å². The van der Waals surface area contributed by atoms with Crippen LogP contribution in [0, 0.1) is 0 Å². The molecule has 0 saturated carbocycles. The van der Waals surface area contributed by atoms with Gasteiger partial charge in [-0.25, -0.2) is 0 Å². The van der Waals surface area contributed by atoms with Crippen molar-refractivity contribution in [3.05, 3.63) is 28.8 Å². The average molecular weight is 298 g/mol. The molecule has 1 N–H and O–H groups in total. The molecule has 1 aromatic rings. The summed E-state index contributed by atoms with van der Waals surface area (Å²) < 4.78 is 10.7. The number of nitrogens with one attached hydrogen (secondary N) is 1. The molecular weight excluding hydrogens is 278 g/mol. The second kappa shape index (κ2) is 7.80. The molecule has 0 atom stereocenters. The van der Waals surface area contributed by atoms with Crippen molar-refractivity contribution in [3.8, 4) is 11.5 Å². The van der Waals surface area contributed by atoms with Gasteiger partial charge in [0.2, 0.25) is 5.91 Å². The minimum Gasteiger partial charge on any atom is -0.491 e. The van der Waals surface area contributed by atoms with Crippen LogP contribution >= 0.6 is 11.6 Å². The first kappa shape index (κ1) is 16.4. The lowest BCUT2D eigenvalue weighted by Crippen LogP contribution is -2.28. The molecule has 0 aliphatic heterocycles. The Hall–Kier alpha value is -1.68. The summed E-state index contributed by atoms with van der Waals surface area (Å²) in [6.45, 7) is 6.20. The molecule has 5 heteroatoms. The van der Waals surface area contributed by atoms with Gasteiger partial charge in [-0.15, -0.1) is 0 Å². The third kappa shape index (κ3) is 4.78. The van der Waals surface area contributed by atoms with Gasteiger partial charge in [-0.05, 0) is 44.5 Å². The van der Waals surface area contributed by atoms with Crippen molar-refractivity contribution in [1.29, 1.82) is 0 Å². The molecule has 0 aliphatic rings. The van der Waals surface area contributed by atoms with Gasteiger partial charge in [0.05, 0.1) is 18.7 Å².